The number of cyclic esters (lactones) is 1. The minimum atomic E-state index is -2.47. The maximum atomic E-state index is 14.3. The smallest absolute Gasteiger partial charge is 0.329 e. The molecule has 58 heavy (non-hydrogen) atoms. The summed E-state index contributed by atoms with van der Waals surface area (Å²) < 4.78 is 29.7. The van der Waals surface area contributed by atoms with Crippen LogP contribution in [0.2, 0.25) is 0 Å². The van der Waals surface area contributed by atoms with Gasteiger partial charge in [-0.3, -0.25) is 19.2 Å². The van der Waals surface area contributed by atoms with Crippen LogP contribution < -0.4 is 0 Å². The van der Waals surface area contributed by atoms with E-state index in [1.807, 2.05) is 19.9 Å². The van der Waals surface area contributed by atoms with Crippen LogP contribution in [-0.4, -0.2) is 126 Å². The molecule has 4 aliphatic rings. The fraction of sp³-hybridized carbons (Fsp3) is 0.795. The van der Waals surface area contributed by atoms with Gasteiger partial charge in [0.05, 0.1) is 30.5 Å². The fourth-order valence-corrected chi connectivity index (χ4v) is 9.37. The fourth-order valence-electron chi connectivity index (χ4n) is 9.37. The number of fused-ring (bicyclic) bond motifs is 3. The van der Waals surface area contributed by atoms with Gasteiger partial charge in [0.1, 0.15) is 17.9 Å². The number of ketones is 2. The van der Waals surface area contributed by atoms with Crippen LogP contribution in [0.4, 0.5) is 0 Å². The highest BCUT2D eigenvalue weighted by Gasteiger charge is 2.55. The molecular formula is C44H69NO13. The van der Waals surface area contributed by atoms with Crippen LogP contribution in [0, 0.1) is 23.7 Å². The molecule has 4 rings (SSSR count). The number of aliphatic carboxylic acids is 1. The summed E-state index contributed by atoms with van der Waals surface area (Å²) in [5, 5.41) is 33.0. The first kappa shape index (κ1) is 47.7. The Morgan fingerprint density at radius 3 is 2.34 bits per heavy atom. The molecule has 0 aromatic heterocycles. The number of allylic oxidation sites excluding steroid dienone is 2. The van der Waals surface area contributed by atoms with Crippen LogP contribution in [0.15, 0.2) is 23.3 Å². The van der Waals surface area contributed by atoms with Crippen molar-refractivity contribution >= 4 is 29.4 Å². The lowest BCUT2D eigenvalue weighted by Crippen LogP contribution is -2.63. The molecule has 0 aromatic carbocycles. The van der Waals surface area contributed by atoms with E-state index in [0.717, 1.165) is 31.3 Å². The lowest BCUT2D eigenvalue weighted by molar-refractivity contribution is -0.287. The highest BCUT2D eigenvalue weighted by molar-refractivity contribution is 6.39. The van der Waals surface area contributed by atoms with E-state index in [0.29, 0.717) is 37.7 Å². The average Bonchev–Trinajstić information content (AvgIpc) is 3.20. The summed E-state index contributed by atoms with van der Waals surface area (Å²) >= 11 is 0. The molecule has 3 heterocycles. The van der Waals surface area contributed by atoms with Gasteiger partial charge in [-0.25, -0.2) is 4.79 Å². The SMILES string of the molecule is CO[C@@H]1CC[C@H]2O[C@@](O)(C(=O)C(=O)N3CCCC[C@H]3C(=O)O[C@H](/C(C)=C/[C@@H]3CCC[C@H](OC)C3)[C@H](C)[C@@H](O)CC(=O)[C@H](CCCC(=O)O)/C=C(\C)C1)[C@H](C)C[C@@H]2OC. The number of rotatable bonds is 9. The second-order valence-electron chi connectivity index (χ2n) is 17.3. The van der Waals surface area contributed by atoms with Crippen LogP contribution >= 0.6 is 0 Å². The molecule has 1 amide bonds. The number of carboxylic acid groups (broad SMARTS) is 1. The van der Waals surface area contributed by atoms with Crippen molar-refractivity contribution in [2.45, 2.75) is 172 Å². The van der Waals surface area contributed by atoms with Crippen LogP contribution in [0.1, 0.15) is 124 Å². The molecule has 14 nitrogen and oxygen atoms in total. The zero-order valence-corrected chi connectivity index (χ0v) is 35.7. The first-order valence-corrected chi connectivity index (χ1v) is 21.3. The topological polar surface area (TPSA) is 195 Å². The Morgan fingerprint density at radius 2 is 1.67 bits per heavy atom. The Bertz CT molecular complexity index is 1490. The number of ether oxygens (including phenoxy) is 5. The Labute approximate surface area is 344 Å². The maximum absolute atomic E-state index is 14.3. The minimum absolute atomic E-state index is 0.0866. The molecule has 0 spiro atoms. The quantitative estimate of drug-likeness (QED) is 0.158. The normalized spacial score (nSPS) is 37.9. The van der Waals surface area contributed by atoms with Crippen molar-refractivity contribution in [2.75, 3.05) is 27.9 Å². The zero-order valence-electron chi connectivity index (χ0n) is 35.7. The molecule has 328 valence electrons. The molecule has 3 fully saturated rings. The monoisotopic (exact) mass is 819 g/mol. The molecule has 1 aliphatic carbocycles. The van der Waals surface area contributed by atoms with Gasteiger partial charge in [-0.2, -0.15) is 0 Å². The third-order valence-corrected chi connectivity index (χ3v) is 13.0. The number of hydrogen-bond acceptors (Lipinski definition) is 12. The number of Topliss-reactive ketones (excluding diaryl/α,β-unsaturated/α-hetero) is 2. The zero-order chi connectivity index (χ0) is 42.7. The van der Waals surface area contributed by atoms with E-state index in [4.69, 9.17) is 23.7 Å². The van der Waals surface area contributed by atoms with Crippen molar-refractivity contribution in [3.63, 3.8) is 0 Å². The highest BCUT2D eigenvalue weighted by atomic mass is 16.7. The Balaban J connectivity index is 1.76. The number of amides is 1. The lowest BCUT2D eigenvalue weighted by atomic mass is 9.82. The second kappa shape index (κ2) is 22.0. The number of hydrogen-bond donors (Lipinski definition) is 3. The van der Waals surface area contributed by atoms with Gasteiger partial charge in [0.15, 0.2) is 0 Å². The van der Waals surface area contributed by atoms with Crippen molar-refractivity contribution in [3.05, 3.63) is 23.3 Å². The van der Waals surface area contributed by atoms with E-state index >= 15 is 0 Å². The van der Waals surface area contributed by atoms with E-state index < -0.39 is 77.6 Å². The minimum Gasteiger partial charge on any atom is -0.481 e. The van der Waals surface area contributed by atoms with Gasteiger partial charge >= 0.3 is 11.9 Å². The number of methoxy groups -OCH3 is 3. The predicted molar refractivity (Wildman–Crippen MR) is 213 cm³/mol. The van der Waals surface area contributed by atoms with Crippen molar-refractivity contribution in [3.8, 4) is 0 Å². The van der Waals surface area contributed by atoms with Gasteiger partial charge in [-0.05, 0) is 102 Å². The van der Waals surface area contributed by atoms with Gasteiger partial charge < -0.3 is 43.9 Å². The van der Waals surface area contributed by atoms with Crippen molar-refractivity contribution in [2.24, 2.45) is 23.7 Å². The largest absolute Gasteiger partial charge is 0.481 e. The number of carboxylic acids is 1. The summed E-state index contributed by atoms with van der Waals surface area (Å²) in [6.07, 6.45) is 6.62. The number of aliphatic hydroxyl groups excluding tert-OH is 1. The summed E-state index contributed by atoms with van der Waals surface area (Å²) in [5.41, 5.74) is 1.52. The lowest BCUT2D eigenvalue weighted by Gasteiger charge is -2.45. The summed E-state index contributed by atoms with van der Waals surface area (Å²) in [6.45, 7) is 7.15. The molecule has 3 aliphatic heterocycles. The Morgan fingerprint density at radius 1 is 0.948 bits per heavy atom. The number of carbonyl (C=O) groups is 5. The average molecular weight is 820 g/mol. The van der Waals surface area contributed by atoms with Crippen LogP contribution in [0.3, 0.4) is 0 Å². The number of aliphatic hydroxyl groups is 2. The van der Waals surface area contributed by atoms with E-state index in [-0.39, 0.29) is 69.0 Å². The molecule has 14 heteroatoms. The van der Waals surface area contributed by atoms with Crippen LogP contribution in [0.25, 0.3) is 0 Å². The summed E-state index contributed by atoms with van der Waals surface area (Å²) in [7, 11) is 4.78. The molecule has 0 unspecified atom stereocenters. The van der Waals surface area contributed by atoms with Crippen LogP contribution in [0.5, 0.6) is 0 Å². The predicted octanol–water partition coefficient (Wildman–Crippen LogP) is 5.10. The first-order valence-electron chi connectivity index (χ1n) is 21.3. The number of carbonyl (C=O) groups excluding carboxylic acids is 4. The highest BCUT2D eigenvalue weighted by Crippen LogP contribution is 2.38. The Kier molecular flexibility index (Phi) is 18.1. The molecule has 1 saturated carbocycles. The van der Waals surface area contributed by atoms with Gasteiger partial charge in [0, 0.05) is 58.5 Å². The van der Waals surface area contributed by atoms with Gasteiger partial charge in [-0.15, -0.1) is 0 Å². The number of esters is 1. The molecule has 0 aromatic rings. The summed E-state index contributed by atoms with van der Waals surface area (Å²) in [6, 6.07) is -1.13. The summed E-state index contributed by atoms with van der Waals surface area (Å²) in [4.78, 5) is 69.2. The molecule has 2 saturated heterocycles. The van der Waals surface area contributed by atoms with Crippen molar-refractivity contribution in [1.82, 2.24) is 4.90 Å². The van der Waals surface area contributed by atoms with Gasteiger partial charge in [0.25, 0.3) is 11.7 Å². The molecule has 12 atom stereocenters. The van der Waals surface area contributed by atoms with Gasteiger partial charge in [0.2, 0.25) is 5.79 Å². The molecular weight excluding hydrogens is 750 g/mol. The standard InChI is InChI=1S/C44H69NO13/c1-26-20-31(13-11-16-39(48)49)36(47)25-35(46)29(4)40(27(2)22-30-12-10-14-32(24-30)54-5)57-43(52)34-15-8-9-19-45(34)42(51)41(50)44(53)28(3)23-38(56-7)37(58-44)18-17-33(21-26)55-6/h20,22,28-35,37-38,40,46,53H,8-19,21,23-25H2,1-7H3,(H,48,49)/b26-20+,27-22+/t28-,29-,30+,31-,32+,33-,34+,35+,37-,38+,40-,44-/m1/s1. The van der Waals surface area contributed by atoms with E-state index in [9.17, 15) is 39.3 Å². The Hall–Kier alpha value is -3.01. The van der Waals surface area contributed by atoms with E-state index in [1.54, 1.807) is 28.1 Å². The first-order chi connectivity index (χ1) is 27.5. The van der Waals surface area contributed by atoms with Crippen molar-refractivity contribution in [1.29, 1.82) is 0 Å². The third kappa shape index (κ3) is 12.3. The third-order valence-electron chi connectivity index (χ3n) is 13.0. The van der Waals surface area contributed by atoms with E-state index in [2.05, 4.69) is 6.08 Å². The number of piperidine rings is 1. The maximum Gasteiger partial charge on any atom is 0.329 e. The summed E-state index contributed by atoms with van der Waals surface area (Å²) in [5.74, 6) is -8.75. The van der Waals surface area contributed by atoms with E-state index in [1.165, 1.54) is 12.0 Å². The second-order valence-corrected chi connectivity index (χ2v) is 17.3. The number of nitrogens with zero attached hydrogens (tertiary/aromatic N) is 1. The molecule has 2 bridgehead atoms. The van der Waals surface area contributed by atoms with Crippen molar-refractivity contribution < 1.29 is 63.0 Å². The molecule has 0 radical (unpaired) electrons. The van der Waals surface area contributed by atoms with Crippen LogP contribution in [-0.2, 0) is 47.7 Å². The molecule has 3 N–H and O–H groups in total. The van der Waals surface area contributed by atoms with Gasteiger partial charge in [-0.1, -0.05) is 38.0 Å².